The third-order valence-electron chi connectivity index (χ3n) is 9.16. The van der Waals surface area contributed by atoms with Gasteiger partial charge in [-0.1, -0.05) is 57.2 Å². The van der Waals surface area contributed by atoms with Gasteiger partial charge in [-0.15, -0.1) is 0 Å². The van der Waals surface area contributed by atoms with Gasteiger partial charge in [-0.05, 0) is 48.8 Å². The number of ether oxygens (including phenoxy) is 1. The minimum atomic E-state index is -0.871. The fraction of sp³-hybridized carbons (Fsp3) is 0.486. The molecule has 240 valence electrons. The number of fused-ring (bicyclic) bond motifs is 2. The molecule has 3 heterocycles. The lowest BCUT2D eigenvalue weighted by molar-refractivity contribution is -0.141. The van der Waals surface area contributed by atoms with Gasteiger partial charge in [0.25, 0.3) is 0 Å². The van der Waals surface area contributed by atoms with Crippen LogP contribution in [0.4, 0.5) is 0 Å². The largest absolute Gasteiger partial charge is 0.496 e. The number of carbonyl (C=O) groups excluding carboxylic acids is 4. The lowest BCUT2D eigenvalue weighted by Crippen LogP contribution is -2.55. The standard InChI is InChI=1S/C35H45N5O5/c1-21(2)27-14-13-22(3)15-32(41)38-29(16-24-19-36-28-11-7-6-10-26(24)28)35(44)40-20-25(18-30(40)34(43)39-27)37-33(42)17-23-9-5-8-12-31(23)45-4/h5-12,19,21-22,25,27,29-30,36H,13-18,20H2,1-4H3,(H,37,42)(H,38,41)(H,39,43)/t22-,25-,27+,29-,30+/m1/s1. The van der Waals surface area contributed by atoms with E-state index in [2.05, 4.69) is 34.8 Å². The maximum absolute atomic E-state index is 14.4. The minimum absolute atomic E-state index is 0.0929. The molecule has 5 rings (SSSR count). The van der Waals surface area contributed by atoms with Crippen LogP contribution in [0.2, 0.25) is 0 Å². The van der Waals surface area contributed by atoms with Crippen LogP contribution in [0.25, 0.3) is 10.9 Å². The van der Waals surface area contributed by atoms with E-state index in [-0.39, 0.29) is 67.3 Å². The number of nitrogens with zero attached hydrogens (tertiary/aromatic N) is 1. The molecule has 2 aliphatic rings. The Balaban J connectivity index is 1.42. The molecule has 2 fully saturated rings. The van der Waals surface area contributed by atoms with E-state index in [9.17, 15) is 19.2 Å². The van der Waals surface area contributed by atoms with Gasteiger partial charge in [-0.2, -0.15) is 0 Å². The van der Waals surface area contributed by atoms with Crippen LogP contribution in [0.5, 0.6) is 5.75 Å². The molecular formula is C35H45N5O5. The number of aromatic amines is 1. The normalized spacial score (nSPS) is 24.7. The second-order valence-electron chi connectivity index (χ2n) is 12.9. The van der Waals surface area contributed by atoms with Crippen LogP contribution in [0.1, 0.15) is 57.6 Å². The number of amides is 4. The van der Waals surface area contributed by atoms with Gasteiger partial charge in [0.05, 0.1) is 13.5 Å². The van der Waals surface area contributed by atoms with E-state index in [1.54, 1.807) is 12.0 Å². The summed E-state index contributed by atoms with van der Waals surface area (Å²) in [6.45, 7) is 6.33. The number of hydrogen-bond acceptors (Lipinski definition) is 5. The molecule has 0 saturated carbocycles. The Labute approximate surface area is 264 Å². The lowest BCUT2D eigenvalue weighted by Gasteiger charge is -2.30. The number of hydrogen-bond donors (Lipinski definition) is 4. The summed E-state index contributed by atoms with van der Waals surface area (Å²) in [6, 6.07) is 13.0. The van der Waals surface area contributed by atoms with Gasteiger partial charge >= 0.3 is 0 Å². The lowest BCUT2D eigenvalue weighted by atomic mass is 9.92. The van der Waals surface area contributed by atoms with Crippen molar-refractivity contribution in [3.63, 3.8) is 0 Å². The van der Waals surface area contributed by atoms with Crippen molar-refractivity contribution in [3.05, 3.63) is 65.9 Å². The molecule has 3 aromatic rings. The predicted octanol–water partition coefficient (Wildman–Crippen LogP) is 3.49. The number of para-hydroxylation sites is 2. The fourth-order valence-corrected chi connectivity index (χ4v) is 6.64. The van der Waals surface area contributed by atoms with Gasteiger partial charge in [-0.3, -0.25) is 19.2 Å². The Morgan fingerprint density at radius 3 is 2.56 bits per heavy atom. The van der Waals surface area contributed by atoms with Crippen molar-refractivity contribution in [2.24, 2.45) is 11.8 Å². The summed E-state index contributed by atoms with van der Waals surface area (Å²) in [7, 11) is 1.57. The third kappa shape index (κ3) is 7.67. The molecule has 2 aromatic carbocycles. The summed E-state index contributed by atoms with van der Waals surface area (Å²) >= 11 is 0. The molecule has 0 bridgehead atoms. The first-order valence-electron chi connectivity index (χ1n) is 16.0. The molecular weight excluding hydrogens is 570 g/mol. The Bertz CT molecular complexity index is 1530. The van der Waals surface area contributed by atoms with Gasteiger partial charge in [0.2, 0.25) is 23.6 Å². The molecule has 2 saturated heterocycles. The van der Waals surface area contributed by atoms with Crippen LogP contribution in [-0.4, -0.2) is 71.3 Å². The third-order valence-corrected chi connectivity index (χ3v) is 9.16. The summed E-state index contributed by atoms with van der Waals surface area (Å²) in [6.07, 6.45) is 4.33. The summed E-state index contributed by atoms with van der Waals surface area (Å²) in [5.74, 6) is -0.0647. The molecule has 0 unspecified atom stereocenters. The van der Waals surface area contributed by atoms with Crippen molar-refractivity contribution in [1.82, 2.24) is 25.8 Å². The van der Waals surface area contributed by atoms with Crippen molar-refractivity contribution in [1.29, 1.82) is 0 Å². The number of H-pyrrole nitrogens is 1. The highest BCUT2D eigenvalue weighted by atomic mass is 16.5. The van der Waals surface area contributed by atoms with Gasteiger partial charge in [0, 0.05) is 54.1 Å². The van der Waals surface area contributed by atoms with Crippen LogP contribution in [-0.2, 0) is 32.0 Å². The van der Waals surface area contributed by atoms with E-state index in [0.29, 0.717) is 12.2 Å². The summed E-state index contributed by atoms with van der Waals surface area (Å²) in [4.78, 5) is 59.5. The predicted molar refractivity (Wildman–Crippen MR) is 172 cm³/mol. The molecule has 5 atom stereocenters. The van der Waals surface area contributed by atoms with Crippen molar-refractivity contribution in [2.75, 3.05) is 13.7 Å². The highest BCUT2D eigenvalue weighted by molar-refractivity contribution is 5.94. The second-order valence-corrected chi connectivity index (χ2v) is 12.9. The molecule has 10 heteroatoms. The Morgan fingerprint density at radius 1 is 1.02 bits per heavy atom. The number of rotatable bonds is 7. The fourth-order valence-electron chi connectivity index (χ4n) is 6.64. The van der Waals surface area contributed by atoms with Crippen LogP contribution < -0.4 is 20.7 Å². The number of methoxy groups -OCH3 is 1. The zero-order valence-electron chi connectivity index (χ0n) is 26.6. The first-order chi connectivity index (χ1) is 21.6. The van der Waals surface area contributed by atoms with Crippen LogP contribution in [0.15, 0.2) is 54.7 Å². The highest BCUT2D eigenvalue weighted by Gasteiger charge is 2.43. The molecule has 1 aromatic heterocycles. The minimum Gasteiger partial charge on any atom is -0.496 e. The van der Waals surface area contributed by atoms with Crippen molar-refractivity contribution in [3.8, 4) is 5.75 Å². The SMILES string of the molecule is COc1ccccc1CC(=O)N[C@@H]1C[C@H]2C(=O)N[C@H](C(C)C)CC[C@@H](C)CC(=O)N[C@H](Cc3c[nH]c4ccccc34)C(=O)N2C1. The quantitative estimate of drug-likeness (QED) is 0.323. The summed E-state index contributed by atoms with van der Waals surface area (Å²) < 4.78 is 5.41. The summed E-state index contributed by atoms with van der Waals surface area (Å²) in [5, 5.41) is 10.3. The van der Waals surface area contributed by atoms with E-state index >= 15 is 0 Å². The van der Waals surface area contributed by atoms with E-state index < -0.39 is 18.1 Å². The topological polar surface area (TPSA) is 133 Å². The van der Waals surface area contributed by atoms with Crippen LogP contribution in [0.3, 0.4) is 0 Å². The maximum atomic E-state index is 14.4. The van der Waals surface area contributed by atoms with E-state index in [0.717, 1.165) is 34.9 Å². The van der Waals surface area contributed by atoms with E-state index in [1.807, 2.05) is 61.7 Å². The Kier molecular flexibility index (Phi) is 10.1. The molecule has 0 spiro atoms. The average Bonchev–Trinajstić information content (AvgIpc) is 3.62. The Morgan fingerprint density at radius 2 is 1.78 bits per heavy atom. The molecule has 0 radical (unpaired) electrons. The van der Waals surface area contributed by atoms with Gasteiger partial charge in [0.1, 0.15) is 17.8 Å². The highest BCUT2D eigenvalue weighted by Crippen LogP contribution is 2.26. The molecule has 4 N–H and O–H groups in total. The van der Waals surface area contributed by atoms with Gasteiger partial charge in [0.15, 0.2) is 0 Å². The first-order valence-corrected chi connectivity index (χ1v) is 16.0. The number of nitrogens with one attached hydrogen (secondary N) is 4. The summed E-state index contributed by atoms with van der Waals surface area (Å²) in [5.41, 5.74) is 2.60. The average molecular weight is 616 g/mol. The van der Waals surface area contributed by atoms with Crippen molar-refractivity contribution in [2.45, 2.75) is 83.5 Å². The maximum Gasteiger partial charge on any atom is 0.246 e. The van der Waals surface area contributed by atoms with E-state index in [4.69, 9.17) is 4.74 Å². The number of benzene rings is 2. The van der Waals surface area contributed by atoms with Crippen molar-refractivity contribution < 1.29 is 23.9 Å². The first kappa shape index (κ1) is 32.1. The molecule has 0 aliphatic carbocycles. The molecule has 10 nitrogen and oxygen atoms in total. The molecule has 45 heavy (non-hydrogen) atoms. The van der Waals surface area contributed by atoms with Gasteiger partial charge < -0.3 is 30.6 Å². The van der Waals surface area contributed by atoms with Gasteiger partial charge in [-0.25, -0.2) is 0 Å². The van der Waals surface area contributed by atoms with E-state index in [1.165, 1.54) is 0 Å². The zero-order chi connectivity index (χ0) is 32.1. The zero-order valence-corrected chi connectivity index (χ0v) is 26.6. The second kappa shape index (κ2) is 14.2. The van der Waals surface area contributed by atoms with Crippen LogP contribution >= 0.6 is 0 Å². The number of aromatic nitrogens is 1. The van der Waals surface area contributed by atoms with Crippen molar-refractivity contribution >= 4 is 34.5 Å². The Hall–Kier alpha value is -4.34. The molecule has 4 amide bonds. The monoisotopic (exact) mass is 615 g/mol. The number of carbonyl (C=O) groups is 4. The van der Waals surface area contributed by atoms with Crippen LogP contribution in [0, 0.1) is 11.8 Å². The molecule has 2 aliphatic heterocycles. The smallest absolute Gasteiger partial charge is 0.246 e.